The third-order valence-corrected chi connectivity index (χ3v) is 8.23. The van der Waals surface area contributed by atoms with E-state index in [0.29, 0.717) is 12.1 Å². The number of fused-ring (bicyclic) bond motifs is 1. The van der Waals surface area contributed by atoms with E-state index in [0.717, 1.165) is 37.0 Å². The first kappa shape index (κ1) is 24.3. The fraction of sp³-hybridized carbons (Fsp3) is 0.423. The Labute approximate surface area is 213 Å². The van der Waals surface area contributed by atoms with Crippen LogP contribution >= 0.6 is 12.2 Å². The van der Waals surface area contributed by atoms with Crippen molar-refractivity contribution in [3.05, 3.63) is 47.3 Å². The maximum atomic E-state index is 14.2. The van der Waals surface area contributed by atoms with Gasteiger partial charge in [0.2, 0.25) is 17.6 Å². The van der Waals surface area contributed by atoms with E-state index in [1.165, 1.54) is 37.5 Å². The zero-order chi connectivity index (χ0) is 26.1. The Balaban J connectivity index is 1.15. The Morgan fingerprint density at radius 2 is 1.51 bits per heavy atom. The molecule has 4 bridgehead atoms. The molecule has 4 aliphatic rings. The molecule has 4 aliphatic carbocycles. The van der Waals surface area contributed by atoms with Crippen LogP contribution < -0.4 is 10.6 Å². The number of halogens is 5. The van der Waals surface area contributed by atoms with E-state index in [1.54, 1.807) is 0 Å². The number of nitrogens with zero attached hydrogens (tertiary/aromatic N) is 1. The Morgan fingerprint density at radius 3 is 2.11 bits per heavy atom. The first-order chi connectivity index (χ1) is 17.6. The van der Waals surface area contributed by atoms with E-state index in [1.807, 2.05) is 0 Å². The van der Waals surface area contributed by atoms with Gasteiger partial charge >= 0.3 is 0 Å². The number of rotatable bonds is 4. The molecule has 1 aromatic heterocycles. The van der Waals surface area contributed by atoms with Gasteiger partial charge in [-0.15, -0.1) is 0 Å². The molecule has 4 saturated carbocycles. The number of thiocarbonyl (C=S) groups is 1. The predicted octanol–water partition coefficient (Wildman–Crippen LogP) is 6.61. The zero-order valence-electron chi connectivity index (χ0n) is 19.5. The van der Waals surface area contributed by atoms with Crippen LogP contribution in [0, 0.1) is 52.3 Å². The Hall–Kier alpha value is -3.08. The van der Waals surface area contributed by atoms with Crippen LogP contribution in [0.2, 0.25) is 0 Å². The van der Waals surface area contributed by atoms with Crippen molar-refractivity contribution in [3.63, 3.8) is 0 Å². The molecule has 0 saturated heterocycles. The van der Waals surface area contributed by atoms with Crippen molar-refractivity contribution < 1.29 is 31.2 Å². The molecule has 0 radical (unpaired) electrons. The summed E-state index contributed by atoms with van der Waals surface area (Å²) in [6.45, 7) is 0. The molecule has 5 nitrogen and oxygen atoms in total. The van der Waals surface area contributed by atoms with Gasteiger partial charge in [0.1, 0.15) is 11.1 Å². The van der Waals surface area contributed by atoms with Gasteiger partial charge in [-0.05, 0) is 92.1 Å². The van der Waals surface area contributed by atoms with Gasteiger partial charge in [0.05, 0.1) is 0 Å². The number of hydrogen-bond donors (Lipinski definition) is 2. The molecule has 0 spiro atoms. The van der Waals surface area contributed by atoms with E-state index >= 15 is 0 Å². The van der Waals surface area contributed by atoms with Crippen molar-refractivity contribution in [3.8, 4) is 11.5 Å². The molecule has 3 aromatic rings. The van der Waals surface area contributed by atoms with Crippen LogP contribution in [0.25, 0.3) is 22.6 Å². The van der Waals surface area contributed by atoms with Gasteiger partial charge in [0, 0.05) is 12.1 Å². The third kappa shape index (κ3) is 4.26. The average molecular weight is 536 g/mol. The highest BCUT2D eigenvalue weighted by Crippen LogP contribution is 2.61. The van der Waals surface area contributed by atoms with Gasteiger partial charge in [-0.3, -0.25) is 4.79 Å². The van der Waals surface area contributed by atoms with Crippen molar-refractivity contribution in [2.75, 3.05) is 5.32 Å². The highest BCUT2D eigenvalue weighted by atomic mass is 32.1. The summed E-state index contributed by atoms with van der Waals surface area (Å²) in [4.78, 5) is 16.7. The lowest BCUT2D eigenvalue weighted by Crippen LogP contribution is -2.48. The summed E-state index contributed by atoms with van der Waals surface area (Å²) in [5.41, 5.74) is -0.652. The number of aromatic nitrogens is 1. The molecule has 1 heterocycles. The zero-order valence-corrected chi connectivity index (χ0v) is 20.3. The number of oxazole rings is 1. The van der Waals surface area contributed by atoms with Gasteiger partial charge in [-0.25, -0.2) is 26.9 Å². The molecule has 0 aliphatic heterocycles. The van der Waals surface area contributed by atoms with Crippen LogP contribution in [0.4, 0.5) is 27.6 Å². The highest BCUT2D eigenvalue weighted by Gasteiger charge is 2.51. The minimum atomic E-state index is -2.26. The SMILES string of the molecule is O=C(CC12CC3CC(CC(C3)C1)C2)NC(=S)Nc1ccc2oc(-c3c(F)c(F)c(F)c(F)c3F)nc2c1. The summed E-state index contributed by atoms with van der Waals surface area (Å²) in [6, 6.07) is 4.35. The van der Waals surface area contributed by atoms with Crippen LogP contribution in [0.3, 0.4) is 0 Å². The number of hydrogen-bond acceptors (Lipinski definition) is 4. The molecule has 2 aromatic carbocycles. The molecular weight excluding hydrogens is 513 g/mol. The van der Waals surface area contributed by atoms with Gasteiger partial charge in [0.25, 0.3) is 0 Å². The van der Waals surface area contributed by atoms with Crippen LogP contribution in [0.5, 0.6) is 0 Å². The number of benzene rings is 2. The van der Waals surface area contributed by atoms with E-state index in [9.17, 15) is 26.7 Å². The summed E-state index contributed by atoms with van der Waals surface area (Å²) in [6.07, 6.45) is 7.60. The first-order valence-corrected chi connectivity index (χ1v) is 12.5. The molecule has 7 rings (SSSR count). The third-order valence-electron chi connectivity index (χ3n) is 8.02. The molecule has 0 unspecified atom stereocenters. The quantitative estimate of drug-likeness (QED) is 0.170. The van der Waals surface area contributed by atoms with E-state index in [2.05, 4.69) is 15.6 Å². The molecule has 0 atom stereocenters. The smallest absolute Gasteiger partial charge is 0.233 e. The first-order valence-electron chi connectivity index (χ1n) is 12.1. The normalized spacial score (nSPS) is 26.0. The summed E-state index contributed by atoms with van der Waals surface area (Å²) >= 11 is 5.30. The minimum Gasteiger partial charge on any atom is -0.436 e. The van der Waals surface area contributed by atoms with E-state index in [-0.39, 0.29) is 27.5 Å². The largest absolute Gasteiger partial charge is 0.436 e. The standard InChI is InChI=1S/C26H22F5N3O2S/c27-19-18(20(28)22(30)23(31)21(19)29)24-33-15-6-14(1-2-16(15)36-24)32-25(37)34-17(35)10-26-7-11-3-12(8-26)5-13(4-11)9-26/h1-2,6,11-13H,3-5,7-10H2,(H2,32,34,35,37). The summed E-state index contributed by atoms with van der Waals surface area (Å²) in [5.74, 6) is -9.23. The number of amides is 1. The number of anilines is 1. The van der Waals surface area contributed by atoms with Crippen LogP contribution in [-0.4, -0.2) is 16.0 Å². The highest BCUT2D eigenvalue weighted by molar-refractivity contribution is 7.80. The summed E-state index contributed by atoms with van der Waals surface area (Å²) in [7, 11) is 0. The second-order valence-corrected chi connectivity index (χ2v) is 11.2. The predicted molar refractivity (Wildman–Crippen MR) is 129 cm³/mol. The lowest BCUT2D eigenvalue weighted by Gasteiger charge is -2.56. The maximum Gasteiger partial charge on any atom is 0.233 e. The lowest BCUT2D eigenvalue weighted by molar-refractivity contribution is -0.127. The number of carbonyl (C=O) groups is 1. The van der Waals surface area contributed by atoms with Crippen molar-refractivity contribution in [1.82, 2.24) is 10.3 Å². The molecule has 194 valence electrons. The van der Waals surface area contributed by atoms with Crippen molar-refractivity contribution >= 4 is 40.0 Å². The van der Waals surface area contributed by atoms with Gasteiger partial charge < -0.3 is 15.1 Å². The maximum absolute atomic E-state index is 14.2. The topological polar surface area (TPSA) is 67.2 Å². The van der Waals surface area contributed by atoms with E-state index < -0.39 is 40.5 Å². The average Bonchev–Trinajstić information content (AvgIpc) is 3.23. The Morgan fingerprint density at radius 1 is 0.946 bits per heavy atom. The fourth-order valence-electron chi connectivity index (χ4n) is 7.09. The minimum absolute atomic E-state index is 0.0567. The molecular formula is C26H22F5N3O2S. The van der Waals surface area contributed by atoms with Crippen molar-refractivity contribution in [2.45, 2.75) is 44.9 Å². The number of carbonyl (C=O) groups excluding carboxylic acids is 1. The summed E-state index contributed by atoms with van der Waals surface area (Å²) in [5, 5.41) is 5.69. The second-order valence-electron chi connectivity index (χ2n) is 10.7. The summed E-state index contributed by atoms with van der Waals surface area (Å²) < 4.78 is 74.2. The number of nitrogens with one attached hydrogen (secondary N) is 2. The van der Waals surface area contributed by atoms with Crippen LogP contribution in [0.15, 0.2) is 22.6 Å². The molecule has 11 heteroatoms. The van der Waals surface area contributed by atoms with Crippen LogP contribution in [0.1, 0.15) is 44.9 Å². The Bertz CT molecular complexity index is 1390. The monoisotopic (exact) mass is 535 g/mol. The second kappa shape index (κ2) is 8.75. The lowest BCUT2D eigenvalue weighted by atomic mass is 9.49. The van der Waals surface area contributed by atoms with E-state index in [4.69, 9.17) is 16.6 Å². The molecule has 4 fully saturated rings. The van der Waals surface area contributed by atoms with Gasteiger partial charge in [0.15, 0.2) is 34.0 Å². The fourth-order valence-corrected chi connectivity index (χ4v) is 7.32. The van der Waals surface area contributed by atoms with Gasteiger partial charge in [-0.1, -0.05) is 0 Å². The van der Waals surface area contributed by atoms with Gasteiger partial charge in [-0.2, -0.15) is 0 Å². The molecule has 37 heavy (non-hydrogen) atoms. The van der Waals surface area contributed by atoms with Crippen LogP contribution in [-0.2, 0) is 4.79 Å². The van der Waals surface area contributed by atoms with Crippen molar-refractivity contribution in [1.29, 1.82) is 0 Å². The molecule has 2 N–H and O–H groups in total. The van der Waals surface area contributed by atoms with Crippen molar-refractivity contribution in [2.24, 2.45) is 23.2 Å². The molecule has 1 amide bonds. The Kier molecular flexibility index (Phi) is 5.74.